The monoisotopic (exact) mass is 456 g/mol. The number of urea groups is 1. The van der Waals surface area contributed by atoms with Gasteiger partial charge in [0.2, 0.25) is 5.91 Å². The Labute approximate surface area is 188 Å². The zero-order chi connectivity index (χ0) is 23.7. The molecule has 4 N–H and O–H groups in total. The molecule has 0 saturated carbocycles. The summed E-state index contributed by atoms with van der Waals surface area (Å²) in [5, 5.41) is 14.7. The van der Waals surface area contributed by atoms with E-state index in [0.717, 1.165) is 5.56 Å². The molecule has 0 aliphatic rings. The van der Waals surface area contributed by atoms with E-state index < -0.39 is 23.9 Å². The van der Waals surface area contributed by atoms with Crippen molar-refractivity contribution in [2.45, 2.75) is 47.1 Å². The Hall–Kier alpha value is -2.52. The number of anilines is 1. The summed E-state index contributed by atoms with van der Waals surface area (Å²) < 4.78 is 5.26. The van der Waals surface area contributed by atoms with E-state index in [2.05, 4.69) is 10.6 Å². The van der Waals surface area contributed by atoms with Gasteiger partial charge in [-0.1, -0.05) is 39.3 Å². The van der Waals surface area contributed by atoms with Gasteiger partial charge in [0, 0.05) is 17.6 Å². The lowest BCUT2D eigenvalue weighted by Crippen LogP contribution is -2.54. The van der Waals surface area contributed by atoms with E-state index in [4.69, 9.17) is 21.5 Å². The highest BCUT2D eigenvalue weighted by Gasteiger charge is 2.30. The predicted molar refractivity (Wildman–Crippen MR) is 119 cm³/mol. The fraction of sp³-hybridized carbons (Fsp3) is 0.571. The summed E-state index contributed by atoms with van der Waals surface area (Å²) in [6.45, 7) is 9.40. The maximum atomic E-state index is 13.1. The molecule has 0 aliphatic heterocycles. The van der Waals surface area contributed by atoms with Gasteiger partial charge < -0.3 is 20.3 Å². The van der Waals surface area contributed by atoms with Gasteiger partial charge in [0.1, 0.15) is 18.3 Å². The Morgan fingerprint density at radius 2 is 1.84 bits per heavy atom. The van der Waals surface area contributed by atoms with Gasteiger partial charge in [-0.3, -0.25) is 14.8 Å². The van der Waals surface area contributed by atoms with E-state index in [0.29, 0.717) is 35.3 Å². The van der Waals surface area contributed by atoms with Crippen molar-refractivity contribution >= 4 is 35.1 Å². The Balaban J connectivity index is 3.01. The summed E-state index contributed by atoms with van der Waals surface area (Å²) in [5.74, 6) is -0.664. The van der Waals surface area contributed by atoms with Gasteiger partial charge >= 0.3 is 6.03 Å². The average Bonchev–Trinajstić information content (AvgIpc) is 2.70. The molecule has 0 aromatic heterocycles. The standard InChI is InChI=1S/C21H33ClN4O5/c1-12(2)7-8-26(11-18(27)25-30)20(28)19(13(3)4)24-21(29)23-16-9-14(5)15(22)10-17(16)31-6/h9-10,12-13,19,30H,7-8,11H2,1-6H3,(H,25,27)(H2,23,24,29)/t19-/m0/s1. The number of hydroxylamine groups is 1. The van der Waals surface area contributed by atoms with Crippen LogP contribution in [0.15, 0.2) is 12.1 Å². The molecule has 1 rings (SSSR count). The number of benzene rings is 1. The topological polar surface area (TPSA) is 120 Å². The van der Waals surface area contributed by atoms with Crippen LogP contribution in [0, 0.1) is 18.8 Å². The van der Waals surface area contributed by atoms with E-state index in [1.165, 1.54) is 12.0 Å². The van der Waals surface area contributed by atoms with Crippen LogP contribution in [0.5, 0.6) is 5.75 Å². The summed E-state index contributed by atoms with van der Waals surface area (Å²) in [4.78, 5) is 38.8. The molecule has 0 spiro atoms. The van der Waals surface area contributed by atoms with Gasteiger partial charge in [-0.15, -0.1) is 0 Å². The largest absolute Gasteiger partial charge is 0.495 e. The third-order valence-corrected chi connectivity index (χ3v) is 5.10. The molecule has 10 heteroatoms. The van der Waals surface area contributed by atoms with Crippen molar-refractivity contribution in [2.24, 2.45) is 11.8 Å². The molecular formula is C21H33ClN4O5. The molecule has 0 heterocycles. The molecule has 0 radical (unpaired) electrons. The lowest BCUT2D eigenvalue weighted by molar-refractivity contribution is -0.141. The van der Waals surface area contributed by atoms with Crippen LogP contribution in [0.4, 0.5) is 10.5 Å². The number of methoxy groups -OCH3 is 1. The van der Waals surface area contributed by atoms with Gasteiger partial charge in [-0.25, -0.2) is 10.3 Å². The minimum atomic E-state index is -0.877. The quantitative estimate of drug-likeness (QED) is 0.318. The molecule has 0 bridgehead atoms. The van der Waals surface area contributed by atoms with Gasteiger partial charge in [-0.2, -0.15) is 0 Å². The van der Waals surface area contributed by atoms with E-state index in [9.17, 15) is 14.4 Å². The molecule has 4 amide bonds. The van der Waals surface area contributed by atoms with Crippen molar-refractivity contribution in [2.75, 3.05) is 25.5 Å². The normalized spacial score (nSPS) is 11.8. The van der Waals surface area contributed by atoms with E-state index in [-0.39, 0.29) is 12.5 Å². The first-order chi connectivity index (χ1) is 14.5. The molecule has 0 saturated heterocycles. The maximum Gasteiger partial charge on any atom is 0.320 e. The van der Waals surface area contributed by atoms with Gasteiger partial charge in [0.05, 0.1) is 12.8 Å². The van der Waals surface area contributed by atoms with Crippen molar-refractivity contribution in [3.05, 3.63) is 22.7 Å². The molecule has 174 valence electrons. The second kappa shape index (κ2) is 12.4. The van der Waals surface area contributed by atoms with Crippen molar-refractivity contribution in [1.29, 1.82) is 0 Å². The van der Waals surface area contributed by atoms with Gasteiger partial charge in [0.25, 0.3) is 5.91 Å². The first-order valence-electron chi connectivity index (χ1n) is 10.1. The maximum absolute atomic E-state index is 13.1. The van der Waals surface area contributed by atoms with Crippen LogP contribution in [0.2, 0.25) is 5.02 Å². The first-order valence-corrected chi connectivity index (χ1v) is 10.5. The number of carbonyl (C=O) groups is 3. The highest BCUT2D eigenvalue weighted by molar-refractivity contribution is 6.31. The number of nitrogens with one attached hydrogen (secondary N) is 3. The Kier molecular flexibility index (Phi) is 10.6. The molecule has 0 unspecified atom stereocenters. The lowest BCUT2D eigenvalue weighted by Gasteiger charge is -2.30. The number of nitrogens with zero attached hydrogens (tertiary/aromatic N) is 1. The zero-order valence-corrected chi connectivity index (χ0v) is 19.7. The van der Waals surface area contributed by atoms with Crippen LogP contribution < -0.4 is 20.9 Å². The predicted octanol–water partition coefficient (Wildman–Crippen LogP) is 3.18. The van der Waals surface area contributed by atoms with Crippen LogP contribution in [0.1, 0.15) is 39.7 Å². The molecule has 0 aliphatic carbocycles. The number of rotatable bonds is 10. The molecular weight excluding hydrogens is 424 g/mol. The Bertz CT molecular complexity index is 785. The highest BCUT2D eigenvalue weighted by Crippen LogP contribution is 2.30. The van der Waals surface area contributed by atoms with Crippen molar-refractivity contribution in [1.82, 2.24) is 15.7 Å². The molecule has 9 nitrogen and oxygen atoms in total. The number of hydrogen-bond acceptors (Lipinski definition) is 5. The third kappa shape index (κ3) is 8.26. The minimum Gasteiger partial charge on any atom is -0.495 e. The van der Waals surface area contributed by atoms with Crippen molar-refractivity contribution < 1.29 is 24.3 Å². The summed E-state index contributed by atoms with van der Waals surface area (Å²) in [6.07, 6.45) is 0.669. The summed E-state index contributed by atoms with van der Waals surface area (Å²) in [5.41, 5.74) is 2.71. The summed E-state index contributed by atoms with van der Waals surface area (Å²) in [7, 11) is 1.46. The minimum absolute atomic E-state index is 0.245. The summed E-state index contributed by atoms with van der Waals surface area (Å²) >= 11 is 6.10. The molecule has 31 heavy (non-hydrogen) atoms. The third-order valence-electron chi connectivity index (χ3n) is 4.70. The number of halogens is 1. The fourth-order valence-corrected chi connectivity index (χ4v) is 2.98. The Morgan fingerprint density at radius 1 is 1.19 bits per heavy atom. The number of aryl methyl sites for hydroxylation is 1. The van der Waals surface area contributed by atoms with Crippen LogP contribution in [0.25, 0.3) is 0 Å². The van der Waals surface area contributed by atoms with E-state index >= 15 is 0 Å². The highest BCUT2D eigenvalue weighted by atomic mass is 35.5. The number of hydrogen-bond donors (Lipinski definition) is 4. The van der Waals surface area contributed by atoms with Crippen LogP contribution in [-0.4, -0.2) is 54.2 Å². The molecule has 1 aromatic carbocycles. The van der Waals surface area contributed by atoms with Crippen LogP contribution in [-0.2, 0) is 9.59 Å². The van der Waals surface area contributed by atoms with Crippen LogP contribution >= 0.6 is 11.6 Å². The summed E-state index contributed by atoms with van der Waals surface area (Å²) in [6, 6.07) is 1.80. The van der Waals surface area contributed by atoms with Crippen LogP contribution in [0.3, 0.4) is 0 Å². The fourth-order valence-electron chi connectivity index (χ4n) is 2.83. The molecule has 1 atom stereocenters. The van der Waals surface area contributed by atoms with E-state index in [1.807, 2.05) is 13.8 Å². The second-order valence-corrected chi connectivity index (χ2v) is 8.51. The smallest absolute Gasteiger partial charge is 0.320 e. The van der Waals surface area contributed by atoms with Crippen molar-refractivity contribution in [3.63, 3.8) is 0 Å². The zero-order valence-electron chi connectivity index (χ0n) is 18.9. The van der Waals surface area contributed by atoms with Crippen molar-refractivity contribution in [3.8, 4) is 5.75 Å². The number of ether oxygens (including phenoxy) is 1. The number of carbonyl (C=O) groups excluding carboxylic acids is 3. The second-order valence-electron chi connectivity index (χ2n) is 8.10. The average molecular weight is 457 g/mol. The Morgan fingerprint density at radius 3 is 2.35 bits per heavy atom. The number of amides is 4. The van der Waals surface area contributed by atoms with E-state index in [1.54, 1.807) is 38.4 Å². The molecule has 0 fully saturated rings. The van der Waals surface area contributed by atoms with Gasteiger partial charge in [-0.05, 0) is 36.8 Å². The first kappa shape index (κ1) is 26.5. The molecule has 1 aromatic rings. The van der Waals surface area contributed by atoms with Gasteiger partial charge in [0.15, 0.2) is 0 Å². The SMILES string of the molecule is COc1cc(Cl)c(C)cc1NC(=O)N[C@H](C(=O)N(CCC(C)C)CC(=O)NO)C(C)C. The lowest BCUT2D eigenvalue weighted by atomic mass is 10.0.